The predicted molar refractivity (Wildman–Crippen MR) is 157 cm³/mol. The van der Waals surface area contributed by atoms with E-state index >= 15 is 0 Å². The lowest BCUT2D eigenvalue weighted by Crippen LogP contribution is -2.47. The van der Waals surface area contributed by atoms with Gasteiger partial charge in [0.15, 0.2) is 0 Å². The van der Waals surface area contributed by atoms with Crippen LogP contribution >= 0.6 is 0 Å². The minimum atomic E-state index is -2.59. The van der Waals surface area contributed by atoms with Crippen molar-refractivity contribution in [2.75, 3.05) is 43.6 Å². The SMILES string of the molecule is COc1ccc(Cn2ncc(N[C@@H](C)COC3CCN(C4CCN(c5ncc(C(F)F)cn5)CC4)C3=O)c(C)c2=O)cc1. The lowest BCUT2D eigenvalue weighted by Gasteiger charge is -2.36. The van der Waals surface area contributed by atoms with E-state index < -0.39 is 12.5 Å². The van der Waals surface area contributed by atoms with E-state index in [0.29, 0.717) is 56.4 Å². The topological polar surface area (TPSA) is 115 Å². The van der Waals surface area contributed by atoms with Crippen molar-refractivity contribution in [3.05, 3.63) is 69.9 Å². The monoisotopic (exact) mass is 597 g/mol. The number of methoxy groups -OCH3 is 1. The summed E-state index contributed by atoms with van der Waals surface area (Å²) in [6.45, 7) is 6.25. The molecule has 230 valence electrons. The zero-order valence-electron chi connectivity index (χ0n) is 24.6. The van der Waals surface area contributed by atoms with Crippen LogP contribution in [0.4, 0.5) is 20.4 Å². The molecule has 2 aliphatic heterocycles. The molecule has 0 saturated carbocycles. The summed E-state index contributed by atoms with van der Waals surface area (Å²) in [5.41, 5.74) is 1.75. The Balaban J connectivity index is 1.08. The van der Waals surface area contributed by atoms with Gasteiger partial charge in [-0.1, -0.05) is 12.1 Å². The predicted octanol–water partition coefficient (Wildman–Crippen LogP) is 3.42. The summed E-state index contributed by atoms with van der Waals surface area (Å²) >= 11 is 0. The lowest BCUT2D eigenvalue weighted by atomic mass is 10.0. The quantitative estimate of drug-likeness (QED) is 0.355. The van der Waals surface area contributed by atoms with Gasteiger partial charge in [-0.2, -0.15) is 5.10 Å². The number of nitrogens with one attached hydrogen (secondary N) is 1. The van der Waals surface area contributed by atoms with Crippen LogP contribution in [-0.4, -0.2) is 82.1 Å². The van der Waals surface area contributed by atoms with Gasteiger partial charge in [0.1, 0.15) is 11.9 Å². The molecule has 1 amide bonds. The van der Waals surface area contributed by atoms with E-state index in [1.54, 1.807) is 20.2 Å². The lowest BCUT2D eigenvalue weighted by molar-refractivity contribution is -0.139. The molecule has 3 aromatic rings. The van der Waals surface area contributed by atoms with Crippen molar-refractivity contribution >= 4 is 17.5 Å². The maximum Gasteiger partial charge on any atom is 0.272 e. The number of halogens is 2. The smallest absolute Gasteiger partial charge is 0.272 e. The second-order valence-electron chi connectivity index (χ2n) is 11.0. The van der Waals surface area contributed by atoms with Gasteiger partial charge in [-0.05, 0) is 44.4 Å². The fourth-order valence-corrected chi connectivity index (χ4v) is 5.49. The Hall–Kier alpha value is -4.13. The highest BCUT2D eigenvalue weighted by atomic mass is 19.3. The molecule has 2 saturated heterocycles. The maximum atomic E-state index is 13.2. The number of ether oxygens (including phenoxy) is 2. The number of anilines is 2. The number of alkyl halides is 2. The van der Waals surface area contributed by atoms with Gasteiger partial charge in [0.25, 0.3) is 17.9 Å². The summed E-state index contributed by atoms with van der Waals surface area (Å²) in [6.07, 6.45) is 2.97. The van der Waals surface area contributed by atoms with E-state index in [-0.39, 0.29) is 29.1 Å². The first-order valence-electron chi connectivity index (χ1n) is 14.5. The fourth-order valence-electron chi connectivity index (χ4n) is 5.49. The molecule has 4 heterocycles. The van der Waals surface area contributed by atoms with Gasteiger partial charge in [0.05, 0.1) is 37.7 Å². The summed E-state index contributed by atoms with van der Waals surface area (Å²) < 4.78 is 38.2. The van der Waals surface area contributed by atoms with E-state index in [4.69, 9.17) is 9.47 Å². The van der Waals surface area contributed by atoms with Crippen LogP contribution in [0.5, 0.6) is 5.75 Å². The highest BCUT2D eigenvalue weighted by Crippen LogP contribution is 2.26. The zero-order chi connectivity index (χ0) is 30.5. The number of benzene rings is 1. The van der Waals surface area contributed by atoms with Gasteiger partial charge in [0.2, 0.25) is 5.95 Å². The molecule has 1 aromatic carbocycles. The molecule has 0 bridgehead atoms. The van der Waals surface area contributed by atoms with Crippen LogP contribution in [0.1, 0.15) is 49.3 Å². The third-order valence-electron chi connectivity index (χ3n) is 8.02. The van der Waals surface area contributed by atoms with Crippen LogP contribution in [0.25, 0.3) is 0 Å². The Morgan fingerprint density at radius 2 is 1.72 bits per heavy atom. The maximum absolute atomic E-state index is 13.2. The molecule has 0 aliphatic carbocycles. The minimum absolute atomic E-state index is 0.0119. The standard InChI is InChI=1S/C30H37F2N7O4/c1-19(36-25-16-35-39(28(40)20(25)2)17-21-4-6-24(42-3)7-5-21)18-43-26-10-13-38(29(26)41)23-8-11-37(12-9-23)30-33-14-22(15-34-30)27(31)32/h4-7,14-16,19,23,26-27,36H,8-13,17-18H2,1-3H3/t19-,26?/m0/s1. The normalized spacial score (nSPS) is 18.4. The molecule has 11 nitrogen and oxygen atoms in total. The molecule has 1 N–H and O–H groups in total. The van der Waals surface area contributed by atoms with E-state index in [9.17, 15) is 18.4 Å². The van der Waals surface area contributed by atoms with Crippen molar-refractivity contribution in [1.29, 1.82) is 0 Å². The number of rotatable bonds is 11. The van der Waals surface area contributed by atoms with Gasteiger partial charge in [-0.15, -0.1) is 0 Å². The fraction of sp³-hybridized carbons (Fsp3) is 0.500. The molecule has 2 aliphatic rings. The first-order chi connectivity index (χ1) is 20.7. The first-order valence-corrected chi connectivity index (χ1v) is 14.5. The first kappa shape index (κ1) is 30.3. The van der Waals surface area contributed by atoms with Crippen LogP contribution in [0.2, 0.25) is 0 Å². The largest absolute Gasteiger partial charge is 0.497 e. The van der Waals surface area contributed by atoms with Crippen LogP contribution in [0.3, 0.4) is 0 Å². The highest BCUT2D eigenvalue weighted by Gasteiger charge is 2.38. The van der Waals surface area contributed by atoms with Gasteiger partial charge in [0, 0.05) is 56.1 Å². The molecule has 5 rings (SSSR count). The third-order valence-corrected chi connectivity index (χ3v) is 8.02. The average Bonchev–Trinajstić information content (AvgIpc) is 3.40. The molecular formula is C30H37F2N7O4. The Labute approximate surface area is 248 Å². The number of likely N-dealkylation sites (tertiary alicyclic amines) is 1. The van der Waals surface area contributed by atoms with Crippen molar-refractivity contribution in [3.63, 3.8) is 0 Å². The molecule has 0 radical (unpaired) electrons. The van der Waals surface area contributed by atoms with Crippen molar-refractivity contribution in [2.24, 2.45) is 0 Å². The van der Waals surface area contributed by atoms with E-state index in [0.717, 1.165) is 36.5 Å². The number of hydrogen-bond acceptors (Lipinski definition) is 9. The van der Waals surface area contributed by atoms with Gasteiger partial charge >= 0.3 is 0 Å². The Bertz CT molecular complexity index is 1440. The number of carbonyl (C=O) groups is 1. The summed E-state index contributed by atoms with van der Waals surface area (Å²) in [7, 11) is 1.61. The van der Waals surface area contributed by atoms with Crippen molar-refractivity contribution in [1.82, 2.24) is 24.6 Å². The van der Waals surface area contributed by atoms with Gasteiger partial charge in [-0.3, -0.25) is 9.59 Å². The number of carbonyl (C=O) groups excluding carboxylic acids is 1. The Morgan fingerprint density at radius 1 is 1.02 bits per heavy atom. The summed E-state index contributed by atoms with van der Waals surface area (Å²) in [5.74, 6) is 1.17. The summed E-state index contributed by atoms with van der Waals surface area (Å²) in [5, 5.41) is 7.64. The summed E-state index contributed by atoms with van der Waals surface area (Å²) in [4.78, 5) is 38.1. The number of nitrogens with zero attached hydrogens (tertiary/aromatic N) is 6. The van der Waals surface area contributed by atoms with E-state index in [1.807, 2.05) is 41.0 Å². The van der Waals surface area contributed by atoms with Gasteiger partial charge in [-0.25, -0.2) is 23.4 Å². The van der Waals surface area contributed by atoms with E-state index in [2.05, 4.69) is 20.4 Å². The molecule has 2 fully saturated rings. The second-order valence-corrected chi connectivity index (χ2v) is 11.0. The highest BCUT2D eigenvalue weighted by molar-refractivity contribution is 5.83. The second kappa shape index (κ2) is 13.4. The molecular weight excluding hydrogens is 560 g/mol. The third kappa shape index (κ3) is 7.10. The summed E-state index contributed by atoms with van der Waals surface area (Å²) in [6, 6.07) is 7.43. The van der Waals surface area contributed by atoms with Crippen LogP contribution < -0.4 is 20.5 Å². The molecule has 2 aromatic heterocycles. The van der Waals surface area contributed by atoms with Crippen LogP contribution in [-0.2, 0) is 16.1 Å². The Kier molecular flexibility index (Phi) is 9.49. The average molecular weight is 598 g/mol. The number of hydrogen-bond donors (Lipinski definition) is 1. The van der Waals surface area contributed by atoms with Crippen LogP contribution in [0.15, 0.2) is 47.7 Å². The van der Waals surface area contributed by atoms with Gasteiger partial charge < -0.3 is 24.6 Å². The zero-order valence-corrected chi connectivity index (χ0v) is 24.6. The molecule has 1 unspecified atom stereocenters. The molecule has 13 heteroatoms. The molecule has 0 spiro atoms. The number of aromatic nitrogens is 4. The van der Waals surface area contributed by atoms with Crippen molar-refractivity contribution < 1.29 is 23.0 Å². The molecule has 2 atom stereocenters. The number of amides is 1. The van der Waals surface area contributed by atoms with Crippen molar-refractivity contribution in [3.8, 4) is 5.75 Å². The minimum Gasteiger partial charge on any atom is -0.497 e. The molecule has 43 heavy (non-hydrogen) atoms. The van der Waals surface area contributed by atoms with E-state index in [1.165, 1.54) is 4.68 Å². The number of piperidine rings is 1. The van der Waals surface area contributed by atoms with Crippen molar-refractivity contribution in [2.45, 2.75) is 64.3 Å². The Morgan fingerprint density at radius 3 is 2.37 bits per heavy atom. The van der Waals surface area contributed by atoms with Crippen LogP contribution in [0, 0.1) is 6.92 Å².